The summed E-state index contributed by atoms with van der Waals surface area (Å²) in [5.41, 5.74) is 0. The Bertz CT molecular complexity index is 326. The van der Waals surface area contributed by atoms with Crippen molar-refractivity contribution < 1.29 is 0 Å². The van der Waals surface area contributed by atoms with Gasteiger partial charge >= 0.3 is 0 Å². The van der Waals surface area contributed by atoms with Gasteiger partial charge in [-0.1, -0.05) is 23.2 Å². The first-order valence-corrected chi connectivity index (χ1v) is 5.29. The molecule has 1 N–H and O–H groups in total. The standard InChI is InChI=1S/C9H11Cl2N3.ClH/c10-7-5-8(11)9(13-6-7)14-3-1-12-2-4-14;/h5-6,12H,1-4H2;1H. The molecule has 0 radical (unpaired) electrons. The van der Waals surface area contributed by atoms with Crippen molar-refractivity contribution in [1.29, 1.82) is 0 Å². The SMILES string of the molecule is Cl.Clc1cnc(N2CCNCC2)c(Cl)c1. The van der Waals surface area contributed by atoms with Crippen LogP contribution < -0.4 is 10.2 Å². The van der Waals surface area contributed by atoms with E-state index in [1.807, 2.05) is 0 Å². The van der Waals surface area contributed by atoms with Gasteiger partial charge in [-0.05, 0) is 6.07 Å². The molecule has 0 aliphatic carbocycles. The molecular formula is C9H12Cl3N3. The number of hydrogen-bond donors (Lipinski definition) is 1. The average molecular weight is 269 g/mol. The fourth-order valence-electron chi connectivity index (χ4n) is 1.52. The van der Waals surface area contributed by atoms with Crippen molar-refractivity contribution >= 4 is 41.4 Å². The van der Waals surface area contributed by atoms with Crippen LogP contribution in [-0.4, -0.2) is 31.2 Å². The van der Waals surface area contributed by atoms with Gasteiger partial charge in [-0.15, -0.1) is 12.4 Å². The first-order chi connectivity index (χ1) is 6.77. The minimum absolute atomic E-state index is 0. The van der Waals surface area contributed by atoms with Gasteiger partial charge in [-0.2, -0.15) is 0 Å². The molecule has 6 heteroatoms. The molecule has 0 aromatic carbocycles. The monoisotopic (exact) mass is 267 g/mol. The number of nitrogens with one attached hydrogen (secondary N) is 1. The predicted octanol–water partition coefficient (Wildman–Crippen LogP) is 2.22. The summed E-state index contributed by atoms with van der Waals surface area (Å²) < 4.78 is 0. The summed E-state index contributed by atoms with van der Waals surface area (Å²) in [4.78, 5) is 6.40. The van der Waals surface area contributed by atoms with E-state index >= 15 is 0 Å². The van der Waals surface area contributed by atoms with E-state index in [1.54, 1.807) is 12.3 Å². The zero-order valence-electron chi connectivity index (χ0n) is 8.04. The zero-order valence-corrected chi connectivity index (χ0v) is 10.4. The maximum absolute atomic E-state index is 6.05. The first-order valence-electron chi connectivity index (χ1n) is 4.54. The second kappa shape index (κ2) is 5.75. The molecular weight excluding hydrogens is 256 g/mol. The normalized spacial score (nSPS) is 16.0. The highest BCUT2D eigenvalue weighted by molar-refractivity contribution is 6.36. The molecule has 84 valence electrons. The lowest BCUT2D eigenvalue weighted by Crippen LogP contribution is -2.44. The fourth-order valence-corrected chi connectivity index (χ4v) is 2.02. The van der Waals surface area contributed by atoms with E-state index in [0.717, 1.165) is 32.0 Å². The van der Waals surface area contributed by atoms with Crippen LogP contribution in [-0.2, 0) is 0 Å². The Kier molecular flexibility index (Phi) is 4.93. The fraction of sp³-hybridized carbons (Fsp3) is 0.444. The molecule has 15 heavy (non-hydrogen) atoms. The van der Waals surface area contributed by atoms with Crippen LogP contribution >= 0.6 is 35.6 Å². The van der Waals surface area contributed by atoms with Gasteiger partial charge in [0.2, 0.25) is 0 Å². The van der Waals surface area contributed by atoms with Crippen LogP contribution in [0.15, 0.2) is 12.3 Å². The van der Waals surface area contributed by atoms with Gasteiger partial charge in [-0.25, -0.2) is 4.98 Å². The number of aromatic nitrogens is 1. The third-order valence-corrected chi connectivity index (χ3v) is 2.69. The van der Waals surface area contributed by atoms with E-state index in [0.29, 0.717) is 10.0 Å². The molecule has 0 spiro atoms. The van der Waals surface area contributed by atoms with Crippen LogP contribution in [0.5, 0.6) is 0 Å². The quantitative estimate of drug-likeness (QED) is 0.846. The topological polar surface area (TPSA) is 28.2 Å². The Hall–Kier alpha value is -0.220. The third-order valence-electron chi connectivity index (χ3n) is 2.20. The summed E-state index contributed by atoms with van der Waals surface area (Å²) in [5, 5.41) is 4.48. The van der Waals surface area contributed by atoms with Crippen LogP contribution in [0.2, 0.25) is 10.0 Å². The van der Waals surface area contributed by atoms with Gasteiger partial charge in [0.25, 0.3) is 0 Å². The van der Waals surface area contributed by atoms with Gasteiger partial charge in [0, 0.05) is 32.4 Å². The third kappa shape index (κ3) is 3.11. The highest BCUT2D eigenvalue weighted by Gasteiger charge is 2.14. The molecule has 3 nitrogen and oxygen atoms in total. The van der Waals surface area contributed by atoms with Crippen LogP contribution in [0.4, 0.5) is 5.82 Å². The summed E-state index contributed by atoms with van der Waals surface area (Å²) in [6, 6.07) is 1.73. The second-order valence-corrected chi connectivity index (χ2v) is 4.04. The molecule has 0 unspecified atom stereocenters. The molecule has 1 fully saturated rings. The maximum atomic E-state index is 6.05. The largest absolute Gasteiger partial charge is 0.353 e. The average Bonchev–Trinajstić information content (AvgIpc) is 2.19. The van der Waals surface area contributed by atoms with Crippen molar-refractivity contribution in [3.63, 3.8) is 0 Å². The van der Waals surface area contributed by atoms with Gasteiger partial charge < -0.3 is 10.2 Å². The number of piperazine rings is 1. The molecule has 1 aromatic heterocycles. The Morgan fingerprint density at radius 3 is 2.53 bits per heavy atom. The molecule has 1 aromatic rings. The smallest absolute Gasteiger partial charge is 0.147 e. The molecule has 2 rings (SSSR count). The van der Waals surface area contributed by atoms with Gasteiger partial charge in [-0.3, -0.25) is 0 Å². The molecule has 2 heterocycles. The minimum Gasteiger partial charge on any atom is -0.353 e. The summed E-state index contributed by atoms with van der Waals surface area (Å²) in [7, 11) is 0. The maximum Gasteiger partial charge on any atom is 0.147 e. The highest BCUT2D eigenvalue weighted by Crippen LogP contribution is 2.25. The number of pyridine rings is 1. The number of rotatable bonds is 1. The molecule has 0 amide bonds. The Labute approximate surface area is 105 Å². The molecule has 1 aliphatic heterocycles. The molecule has 0 saturated carbocycles. The number of nitrogens with zero attached hydrogens (tertiary/aromatic N) is 2. The lowest BCUT2D eigenvalue weighted by atomic mass is 10.3. The number of anilines is 1. The van der Waals surface area contributed by atoms with Gasteiger partial charge in [0.05, 0.1) is 10.0 Å². The summed E-state index contributed by atoms with van der Waals surface area (Å²) in [6.45, 7) is 3.82. The number of halogens is 3. The van der Waals surface area contributed by atoms with E-state index in [9.17, 15) is 0 Å². The molecule has 1 aliphatic rings. The second-order valence-electron chi connectivity index (χ2n) is 3.20. The highest BCUT2D eigenvalue weighted by atomic mass is 35.5. The van der Waals surface area contributed by atoms with E-state index in [2.05, 4.69) is 15.2 Å². The van der Waals surface area contributed by atoms with Crippen LogP contribution in [0, 0.1) is 0 Å². The molecule has 0 bridgehead atoms. The van der Waals surface area contributed by atoms with Crippen LogP contribution in [0.3, 0.4) is 0 Å². The van der Waals surface area contributed by atoms with Crippen molar-refractivity contribution in [2.45, 2.75) is 0 Å². The van der Waals surface area contributed by atoms with E-state index in [1.165, 1.54) is 0 Å². The van der Waals surface area contributed by atoms with Gasteiger partial charge in [0.1, 0.15) is 5.82 Å². The van der Waals surface area contributed by atoms with Crippen molar-refractivity contribution in [2.75, 3.05) is 31.1 Å². The van der Waals surface area contributed by atoms with E-state index in [-0.39, 0.29) is 12.4 Å². The predicted molar refractivity (Wildman–Crippen MR) is 66.6 cm³/mol. The van der Waals surface area contributed by atoms with Crippen molar-refractivity contribution in [3.8, 4) is 0 Å². The lowest BCUT2D eigenvalue weighted by molar-refractivity contribution is 0.585. The van der Waals surface area contributed by atoms with Crippen molar-refractivity contribution in [2.24, 2.45) is 0 Å². The molecule has 1 saturated heterocycles. The summed E-state index contributed by atoms with van der Waals surface area (Å²) >= 11 is 11.8. The lowest BCUT2D eigenvalue weighted by Gasteiger charge is -2.28. The van der Waals surface area contributed by atoms with Crippen LogP contribution in [0.1, 0.15) is 0 Å². The number of hydrogen-bond acceptors (Lipinski definition) is 3. The Balaban J connectivity index is 0.00000112. The Morgan fingerprint density at radius 1 is 1.27 bits per heavy atom. The first kappa shape index (κ1) is 12.8. The van der Waals surface area contributed by atoms with Gasteiger partial charge in [0.15, 0.2) is 0 Å². The minimum atomic E-state index is 0. The molecule has 0 atom stereocenters. The van der Waals surface area contributed by atoms with E-state index < -0.39 is 0 Å². The Morgan fingerprint density at radius 2 is 1.93 bits per heavy atom. The summed E-state index contributed by atoms with van der Waals surface area (Å²) in [6.07, 6.45) is 1.63. The van der Waals surface area contributed by atoms with Crippen LogP contribution in [0.25, 0.3) is 0 Å². The summed E-state index contributed by atoms with van der Waals surface area (Å²) in [5.74, 6) is 0.831. The zero-order chi connectivity index (χ0) is 9.97. The van der Waals surface area contributed by atoms with Crippen molar-refractivity contribution in [3.05, 3.63) is 22.3 Å². The van der Waals surface area contributed by atoms with Crippen molar-refractivity contribution in [1.82, 2.24) is 10.3 Å². The van der Waals surface area contributed by atoms with E-state index in [4.69, 9.17) is 23.2 Å².